The summed E-state index contributed by atoms with van der Waals surface area (Å²) in [6.45, 7) is 0.218. The van der Waals surface area contributed by atoms with Gasteiger partial charge in [0.05, 0.1) is 12.1 Å². The summed E-state index contributed by atoms with van der Waals surface area (Å²) < 4.78 is 23.4. The Morgan fingerprint density at radius 2 is 1.95 bits per heavy atom. The predicted octanol–water partition coefficient (Wildman–Crippen LogP) is 3.84. The van der Waals surface area contributed by atoms with E-state index < -0.39 is 11.8 Å². The zero-order chi connectivity index (χ0) is 14.5. The van der Waals surface area contributed by atoms with Crippen molar-refractivity contribution in [1.29, 1.82) is 0 Å². The molecule has 0 saturated heterocycles. The maximum atomic E-state index is 13.3. The Morgan fingerprint density at radius 1 is 1.25 bits per heavy atom. The normalized spacial score (nSPS) is 10.2. The van der Waals surface area contributed by atoms with Crippen molar-refractivity contribution >= 4 is 17.6 Å². The third-order valence-electron chi connectivity index (χ3n) is 2.64. The lowest BCUT2D eigenvalue weighted by atomic mass is 10.2. The van der Waals surface area contributed by atoms with E-state index in [4.69, 9.17) is 16.3 Å². The maximum absolute atomic E-state index is 13.3. The van der Waals surface area contributed by atoms with E-state index in [1.54, 1.807) is 0 Å². The number of methoxy groups -OCH3 is 1. The summed E-state index contributed by atoms with van der Waals surface area (Å²) in [6.07, 6.45) is 0. The molecule has 5 heteroatoms. The largest absolute Gasteiger partial charge is 0.486 e. The predicted molar refractivity (Wildman–Crippen MR) is 73.5 cm³/mol. The number of hydrogen-bond acceptors (Lipinski definition) is 3. The van der Waals surface area contributed by atoms with E-state index in [0.717, 1.165) is 17.7 Å². The number of esters is 1. The van der Waals surface area contributed by atoms with E-state index in [-0.39, 0.29) is 22.9 Å². The molecule has 0 spiro atoms. The summed E-state index contributed by atoms with van der Waals surface area (Å²) in [5.41, 5.74) is 0.872. The second kappa shape index (κ2) is 6.39. The van der Waals surface area contributed by atoms with E-state index in [2.05, 4.69) is 4.74 Å². The van der Waals surface area contributed by atoms with Gasteiger partial charge in [-0.05, 0) is 17.7 Å². The zero-order valence-corrected chi connectivity index (χ0v) is 11.5. The fourth-order valence-electron chi connectivity index (χ4n) is 1.70. The van der Waals surface area contributed by atoms with Gasteiger partial charge in [0.2, 0.25) is 0 Å². The number of carbonyl (C=O) groups is 1. The van der Waals surface area contributed by atoms with Crippen LogP contribution in [0.2, 0.25) is 5.02 Å². The van der Waals surface area contributed by atoms with Crippen LogP contribution in [-0.2, 0) is 11.3 Å². The highest BCUT2D eigenvalue weighted by Gasteiger charge is 2.18. The molecule has 2 aromatic carbocycles. The number of rotatable bonds is 4. The van der Waals surface area contributed by atoms with Crippen molar-refractivity contribution in [3.63, 3.8) is 0 Å². The van der Waals surface area contributed by atoms with Gasteiger partial charge in [0.25, 0.3) is 0 Å². The van der Waals surface area contributed by atoms with Crippen LogP contribution >= 0.6 is 11.6 Å². The van der Waals surface area contributed by atoms with Crippen LogP contribution in [0.1, 0.15) is 15.9 Å². The fraction of sp³-hybridized carbons (Fsp3) is 0.133. The SMILES string of the molecule is COC(=O)c1cc(F)cc(Cl)c1OCc1ccccc1. The lowest BCUT2D eigenvalue weighted by molar-refractivity contribution is 0.0595. The minimum atomic E-state index is -0.700. The Kier molecular flexibility index (Phi) is 4.58. The Hall–Kier alpha value is -2.07. The first-order valence-electron chi connectivity index (χ1n) is 5.86. The van der Waals surface area contributed by atoms with Gasteiger partial charge >= 0.3 is 5.97 Å². The van der Waals surface area contributed by atoms with Crippen molar-refractivity contribution in [2.24, 2.45) is 0 Å². The van der Waals surface area contributed by atoms with Crippen molar-refractivity contribution in [3.05, 3.63) is 64.4 Å². The highest BCUT2D eigenvalue weighted by atomic mass is 35.5. The highest BCUT2D eigenvalue weighted by Crippen LogP contribution is 2.31. The number of benzene rings is 2. The Bertz CT molecular complexity index is 614. The molecule has 0 atom stereocenters. The first-order valence-corrected chi connectivity index (χ1v) is 6.23. The van der Waals surface area contributed by atoms with Crippen LogP contribution in [0, 0.1) is 5.82 Å². The Labute approximate surface area is 120 Å². The molecule has 0 aliphatic carbocycles. The molecule has 0 aliphatic heterocycles. The maximum Gasteiger partial charge on any atom is 0.341 e. The van der Waals surface area contributed by atoms with E-state index in [0.29, 0.717) is 0 Å². The molecule has 0 N–H and O–H groups in total. The van der Waals surface area contributed by atoms with Crippen molar-refractivity contribution in [3.8, 4) is 5.75 Å². The van der Waals surface area contributed by atoms with Crippen LogP contribution in [0.5, 0.6) is 5.75 Å². The number of ether oxygens (including phenoxy) is 2. The Morgan fingerprint density at radius 3 is 2.60 bits per heavy atom. The lowest BCUT2D eigenvalue weighted by Crippen LogP contribution is -2.07. The van der Waals surface area contributed by atoms with Gasteiger partial charge in [-0.2, -0.15) is 0 Å². The van der Waals surface area contributed by atoms with Crippen LogP contribution in [0.25, 0.3) is 0 Å². The number of carbonyl (C=O) groups excluding carboxylic acids is 1. The van der Waals surface area contributed by atoms with Gasteiger partial charge in [-0.1, -0.05) is 41.9 Å². The molecule has 2 rings (SSSR count). The molecular formula is C15H12ClFO3. The summed E-state index contributed by atoms with van der Waals surface area (Å²) in [7, 11) is 1.21. The van der Waals surface area contributed by atoms with E-state index in [1.165, 1.54) is 7.11 Å². The van der Waals surface area contributed by atoms with E-state index >= 15 is 0 Å². The van der Waals surface area contributed by atoms with Gasteiger partial charge in [-0.15, -0.1) is 0 Å². The molecule has 20 heavy (non-hydrogen) atoms. The summed E-state index contributed by atoms with van der Waals surface area (Å²) in [6, 6.07) is 11.5. The summed E-state index contributed by atoms with van der Waals surface area (Å²) in [5.74, 6) is -1.21. The quantitative estimate of drug-likeness (QED) is 0.804. The topological polar surface area (TPSA) is 35.5 Å². The molecule has 0 bridgehead atoms. The van der Waals surface area contributed by atoms with Gasteiger partial charge in [0, 0.05) is 0 Å². The minimum absolute atomic E-state index is 0.0290. The monoisotopic (exact) mass is 294 g/mol. The first kappa shape index (κ1) is 14.3. The molecule has 0 radical (unpaired) electrons. The van der Waals surface area contributed by atoms with Crippen molar-refractivity contribution in [2.75, 3.05) is 7.11 Å². The standard InChI is InChI=1S/C15H12ClFO3/c1-19-15(18)12-7-11(17)8-13(16)14(12)20-9-10-5-3-2-4-6-10/h2-8H,9H2,1H3. The van der Waals surface area contributed by atoms with Gasteiger partial charge in [0.15, 0.2) is 5.75 Å². The Balaban J connectivity index is 2.28. The highest BCUT2D eigenvalue weighted by molar-refractivity contribution is 6.32. The van der Waals surface area contributed by atoms with Crippen molar-refractivity contribution < 1.29 is 18.7 Å². The van der Waals surface area contributed by atoms with Crippen LogP contribution < -0.4 is 4.74 Å². The smallest absolute Gasteiger partial charge is 0.341 e. The van der Waals surface area contributed by atoms with Crippen LogP contribution in [0.3, 0.4) is 0 Å². The van der Waals surface area contributed by atoms with E-state index in [1.807, 2.05) is 30.3 Å². The molecule has 0 aliphatic rings. The molecule has 0 fully saturated rings. The van der Waals surface area contributed by atoms with Gasteiger partial charge < -0.3 is 9.47 Å². The van der Waals surface area contributed by atoms with Crippen LogP contribution in [0.4, 0.5) is 4.39 Å². The average Bonchev–Trinajstić information content (AvgIpc) is 2.46. The van der Waals surface area contributed by atoms with E-state index in [9.17, 15) is 9.18 Å². The molecular weight excluding hydrogens is 283 g/mol. The third kappa shape index (κ3) is 3.27. The van der Waals surface area contributed by atoms with Crippen molar-refractivity contribution in [1.82, 2.24) is 0 Å². The average molecular weight is 295 g/mol. The van der Waals surface area contributed by atoms with Gasteiger partial charge in [0.1, 0.15) is 18.0 Å². The second-order valence-corrected chi connectivity index (χ2v) is 4.44. The molecule has 3 nitrogen and oxygen atoms in total. The molecule has 0 amide bonds. The zero-order valence-electron chi connectivity index (χ0n) is 10.7. The summed E-state index contributed by atoms with van der Waals surface area (Å²) >= 11 is 5.93. The molecule has 0 unspecified atom stereocenters. The second-order valence-electron chi connectivity index (χ2n) is 4.03. The molecule has 0 saturated carbocycles. The van der Waals surface area contributed by atoms with Gasteiger partial charge in [-0.25, -0.2) is 9.18 Å². The summed E-state index contributed by atoms with van der Waals surface area (Å²) in [5, 5.41) is 0.0290. The number of halogens is 2. The molecule has 104 valence electrons. The molecule has 2 aromatic rings. The molecule has 0 heterocycles. The molecule has 0 aromatic heterocycles. The first-order chi connectivity index (χ1) is 9.61. The van der Waals surface area contributed by atoms with Gasteiger partial charge in [-0.3, -0.25) is 0 Å². The minimum Gasteiger partial charge on any atom is -0.486 e. The number of hydrogen-bond donors (Lipinski definition) is 0. The van der Waals surface area contributed by atoms with Crippen molar-refractivity contribution in [2.45, 2.75) is 6.61 Å². The third-order valence-corrected chi connectivity index (χ3v) is 2.92. The summed E-state index contributed by atoms with van der Waals surface area (Å²) in [4.78, 5) is 11.6. The van der Waals surface area contributed by atoms with Crippen LogP contribution in [0.15, 0.2) is 42.5 Å². The fourth-order valence-corrected chi connectivity index (χ4v) is 1.96. The lowest BCUT2D eigenvalue weighted by Gasteiger charge is -2.12. The van der Waals surface area contributed by atoms with Crippen LogP contribution in [-0.4, -0.2) is 13.1 Å².